The van der Waals surface area contributed by atoms with E-state index >= 15 is 0 Å². The van der Waals surface area contributed by atoms with E-state index in [2.05, 4.69) is 58.4 Å². The Morgan fingerprint density at radius 1 is 0.939 bits per heavy atom. The van der Waals surface area contributed by atoms with Crippen molar-refractivity contribution < 1.29 is 19.4 Å². The van der Waals surface area contributed by atoms with Gasteiger partial charge in [0.05, 0.1) is 0 Å². The Bertz CT molecular complexity index is 1090. The monoisotopic (exact) mass is 506 g/mol. The highest BCUT2D eigenvalue weighted by molar-refractivity contribution is 9.10. The summed E-state index contributed by atoms with van der Waals surface area (Å²) < 4.78 is 12.1. The maximum Gasteiger partial charge on any atom is 0.333 e. The molecule has 3 aromatic rings. The third-order valence-corrected chi connectivity index (χ3v) is 5.31. The van der Waals surface area contributed by atoms with Crippen molar-refractivity contribution in [3.63, 3.8) is 0 Å². The molecule has 5 heteroatoms. The average Bonchev–Trinajstić information content (AvgIpc) is 2.81. The Hall–Kier alpha value is -3.15. The van der Waals surface area contributed by atoms with Gasteiger partial charge in [-0.25, -0.2) is 4.79 Å². The first-order valence-electron chi connectivity index (χ1n) is 10.8. The fourth-order valence-electron chi connectivity index (χ4n) is 3.27. The van der Waals surface area contributed by atoms with Gasteiger partial charge in [0.1, 0.15) is 12.4 Å². The van der Waals surface area contributed by atoms with Crippen LogP contribution in [0.5, 0.6) is 5.75 Å². The van der Waals surface area contributed by atoms with Crippen LogP contribution in [0.1, 0.15) is 29.2 Å². The van der Waals surface area contributed by atoms with Crippen LogP contribution in [0.2, 0.25) is 0 Å². The molecule has 3 rings (SSSR count). The van der Waals surface area contributed by atoms with E-state index in [4.69, 9.17) is 9.47 Å². The molecule has 0 unspecified atom stereocenters. The van der Waals surface area contributed by atoms with Gasteiger partial charge in [0.25, 0.3) is 0 Å². The van der Waals surface area contributed by atoms with Gasteiger partial charge in [-0.2, -0.15) is 0 Å². The second-order valence-electron chi connectivity index (χ2n) is 7.41. The number of carboxylic acids is 1. The van der Waals surface area contributed by atoms with E-state index in [9.17, 15) is 9.90 Å². The maximum atomic E-state index is 11.2. The van der Waals surface area contributed by atoms with Crippen LogP contribution in [0.3, 0.4) is 0 Å². The zero-order valence-electron chi connectivity index (χ0n) is 18.5. The largest absolute Gasteiger partial charge is 0.490 e. The molecule has 0 aliphatic heterocycles. The molecule has 0 spiro atoms. The number of carbonyl (C=O) groups is 1. The fraction of sp³-hybridized carbons (Fsp3) is 0.179. The molecule has 0 bridgehead atoms. The van der Waals surface area contributed by atoms with Crippen LogP contribution in [-0.4, -0.2) is 30.4 Å². The second kappa shape index (κ2) is 12.8. The summed E-state index contributed by atoms with van der Waals surface area (Å²) in [6, 6.07) is 23.9. The Balaban J connectivity index is 1.54. The van der Waals surface area contributed by atoms with Crippen molar-refractivity contribution in [2.45, 2.75) is 19.4 Å². The van der Waals surface area contributed by atoms with Gasteiger partial charge in [-0.15, -0.1) is 0 Å². The minimum atomic E-state index is -0.950. The summed E-state index contributed by atoms with van der Waals surface area (Å²) in [5.74, 6) is -0.221. The van der Waals surface area contributed by atoms with Gasteiger partial charge >= 0.3 is 5.97 Å². The molecule has 0 aromatic heterocycles. The number of halogens is 1. The molecule has 0 saturated carbocycles. The van der Waals surface area contributed by atoms with Gasteiger partial charge in [-0.05, 0) is 65.6 Å². The molecular weight excluding hydrogens is 480 g/mol. The predicted octanol–water partition coefficient (Wildman–Crippen LogP) is 6.74. The average molecular weight is 507 g/mol. The first kappa shape index (κ1) is 24.5. The van der Waals surface area contributed by atoms with Gasteiger partial charge in [-0.3, -0.25) is 0 Å². The highest BCUT2D eigenvalue weighted by atomic mass is 79.9. The molecule has 0 aliphatic rings. The number of hydrogen-bond acceptors (Lipinski definition) is 3. The molecule has 0 saturated heterocycles. The summed E-state index contributed by atoms with van der Waals surface area (Å²) in [6.07, 6.45) is 7.68. The maximum absolute atomic E-state index is 11.2. The third-order valence-electron chi connectivity index (χ3n) is 4.85. The Morgan fingerprint density at radius 3 is 2.27 bits per heavy atom. The fourth-order valence-corrected chi connectivity index (χ4v) is 3.80. The smallest absolute Gasteiger partial charge is 0.333 e. The number of hydrogen-bond donors (Lipinski definition) is 1. The lowest BCUT2D eigenvalue weighted by Gasteiger charge is -2.12. The molecule has 0 radical (unpaired) electrons. The van der Waals surface area contributed by atoms with Crippen LogP contribution in [0.25, 0.3) is 18.2 Å². The van der Waals surface area contributed by atoms with Crippen molar-refractivity contribution in [3.05, 3.63) is 106 Å². The van der Waals surface area contributed by atoms with Crippen LogP contribution < -0.4 is 4.74 Å². The lowest BCUT2D eigenvalue weighted by atomic mass is 10.1. The van der Waals surface area contributed by atoms with Gasteiger partial charge in [0.2, 0.25) is 0 Å². The third kappa shape index (κ3) is 8.37. The molecule has 4 nitrogen and oxygen atoms in total. The van der Waals surface area contributed by atoms with Crippen molar-refractivity contribution in [3.8, 4) is 5.75 Å². The lowest BCUT2D eigenvalue weighted by molar-refractivity contribution is -0.149. The first-order valence-corrected chi connectivity index (χ1v) is 11.6. The summed E-state index contributed by atoms with van der Waals surface area (Å²) in [5.41, 5.74) is 4.23. The number of rotatable bonds is 11. The van der Waals surface area contributed by atoms with Gasteiger partial charge in [0, 0.05) is 17.5 Å². The van der Waals surface area contributed by atoms with E-state index in [0.29, 0.717) is 19.6 Å². The summed E-state index contributed by atoms with van der Waals surface area (Å²) in [6.45, 7) is 2.59. The van der Waals surface area contributed by atoms with Crippen LogP contribution in [0.15, 0.2) is 83.3 Å². The quantitative estimate of drug-likeness (QED) is 0.292. The topological polar surface area (TPSA) is 55.8 Å². The number of ether oxygens (including phenoxy) is 2. The van der Waals surface area contributed by atoms with E-state index in [-0.39, 0.29) is 0 Å². The summed E-state index contributed by atoms with van der Waals surface area (Å²) in [7, 11) is 0. The molecule has 3 aromatic carbocycles. The van der Waals surface area contributed by atoms with E-state index < -0.39 is 12.1 Å². The van der Waals surface area contributed by atoms with E-state index in [0.717, 1.165) is 32.5 Å². The van der Waals surface area contributed by atoms with Crippen LogP contribution in [0, 0.1) is 0 Å². The standard InChI is InChI=1S/C28H27BrO4/c1-2-32-27(28(30)31)20-22-12-14-26(15-13-22)33-16-6-9-23-17-24(19-25(29)18-23)11-10-21-7-4-3-5-8-21/h3-15,17-19,27H,2,16,20H2,1H3,(H,30,31)/t27-/m0/s1. The van der Waals surface area contributed by atoms with Crippen molar-refractivity contribution in [1.29, 1.82) is 0 Å². The molecule has 170 valence electrons. The van der Waals surface area contributed by atoms with Crippen molar-refractivity contribution >= 4 is 40.1 Å². The van der Waals surface area contributed by atoms with E-state index in [1.807, 2.05) is 54.6 Å². The summed E-state index contributed by atoms with van der Waals surface area (Å²) >= 11 is 3.58. The van der Waals surface area contributed by atoms with Crippen LogP contribution in [-0.2, 0) is 16.0 Å². The first-order chi connectivity index (χ1) is 16.0. The lowest BCUT2D eigenvalue weighted by Crippen LogP contribution is -2.26. The SMILES string of the molecule is CCO[C@@H](Cc1ccc(OCC=Cc2cc(Br)cc(C=Cc3ccccc3)c2)cc1)C(=O)O. The van der Waals surface area contributed by atoms with Gasteiger partial charge < -0.3 is 14.6 Å². The Labute approximate surface area is 203 Å². The second-order valence-corrected chi connectivity index (χ2v) is 8.32. The molecule has 0 amide bonds. The Morgan fingerprint density at radius 2 is 1.61 bits per heavy atom. The molecule has 1 N–H and O–H groups in total. The van der Waals surface area contributed by atoms with Crippen LogP contribution >= 0.6 is 15.9 Å². The summed E-state index contributed by atoms with van der Waals surface area (Å²) in [5, 5.41) is 9.21. The molecule has 33 heavy (non-hydrogen) atoms. The zero-order chi connectivity index (χ0) is 23.5. The van der Waals surface area contributed by atoms with Crippen LogP contribution in [0.4, 0.5) is 0 Å². The predicted molar refractivity (Wildman–Crippen MR) is 137 cm³/mol. The highest BCUT2D eigenvalue weighted by Crippen LogP contribution is 2.20. The van der Waals surface area contributed by atoms with Gasteiger partial charge in [0.15, 0.2) is 6.10 Å². The number of aliphatic carboxylic acids is 1. The van der Waals surface area contributed by atoms with Crippen molar-refractivity contribution in [2.24, 2.45) is 0 Å². The highest BCUT2D eigenvalue weighted by Gasteiger charge is 2.17. The number of carboxylic acid groups (broad SMARTS) is 1. The van der Waals surface area contributed by atoms with E-state index in [1.54, 1.807) is 6.92 Å². The molecule has 0 fully saturated rings. The molecular formula is C28H27BrO4. The number of benzene rings is 3. The van der Waals surface area contributed by atoms with Crippen molar-refractivity contribution in [2.75, 3.05) is 13.2 Å². The van der Waals surface area contributed by atoms with E-state index in [1.165, 1.54) is 0 Å². The summed E-state index contributed by atoms with van der Waals surface area (Å²) in [4.78, 5) is 11.2. The zero-order valence-corrected chi connectivity index (χ0v) is 20.1. The molecule has 1 atom stereocenters. The van der Waals surface area contributed by atoms with Crippen molar-refractivity contribution in [1.82, 2.24) is 0 Å². The normalized spacial score (nSPS) is 12.3. The van der Waals surface area contributed by atoms with Gasteiger partial charge in [-0.1, -0.05) is 76.6 Å². The molecule has 0 aliphatic carbocycles. The Kier molecular flexibility index (Phi) is 9.48. The molecule has 0 heterocycles. The minimum absolute atomic E-state index is 0.327. The minimum Gasteiger partial charge on any atom is -0.490 e.